The Bertz CT molecular complexity index is 428. The molecule has 2 atom stereocenters. The van der Waals surface area contributed by atoms with E-state index in [-0.39, 0.29) is 5.82 Å². The normalized spacial score (nSPS) is 28.1. The zero-order valence-corrected chi connectivity index (χ0v) is 12.8. The molecule has 1 saturated heterocycles. The molecular weight excluding hydrogens is 305 g/mol. The quantitative estimate of drug-likeness (QED) is 0.768. The van der Waals surface area contributed by atoms with Gasteiger partial charge in [-0.25, -0.2) is 4.39 Å². The molecule has 1 aliphatic heterocycles. The molecule has 0 spiro atoms. The predicted molar refractivity (Wildman–Crippen MR) is 79.4 cm³/mol. The molecule has 0 radical (unpaired) electrons. The largest absolute Gasteiger partial charge is 0.299 e. The molecule has 1 nitrogen and oxygen atoms in total. The van der Waals surface area contributed by atoms with Crippen molar-refractivity contribution in [3.8, 4) is 0 Å². The highest BCUT2D eigenvalue weighted by molar-refractivity contribution is 9.10. The summed E-state index contributed by atoms with van der Waals surface area (Å²) >= 11 is 3.37. The maximum Gasteiger partial charge on any atom is 0.124 e. The molecule has 3 heteroatoms. The third kappa shape index (κ3) is 3.38. The van der Waals surface area contributed by atoms with Gasteiger partial charge in [0.05, 0.1) is 0 Å². The fourth-order valence-corrected chi connectivity index (χ4v) is 4.29. The molecule has 1 saturated carbocycles. The lowest BCUT2D eigenvalue weighted by Gasteiger charge is -2.41. The number of hydrogen-bond donors (Lipinski definition) is 0. The molecule has 104 valence electrons. The van der Waals surface area contributed by atoms with Crippen molar-refractivity contribution < 1.29 is 4.39 Å². The first-order valence-corrected chi connectivity index (χ1v) is 8.17. The first kappa shape index (κ1) is 13.6. The third-order valence-corrected chi connectivity index (χ3v) is 5.16. The second-order valence-corrected chi connectivity index (χ2v) is 7.02. The van der Waals surface area contributed by atoms with E-state index >= 15 is 0 Å². The van der Waals surface area contributed by atoms with Crippen molar-refractivity contribution in [2.24, 2.45) is 11.8 Å². The van der Waals surface area contributed by atoms with Crippen LogP contribution in [0.25, 0.3) is 0 Å². The Morgan fingerprint density at radius 1 is 1.11 bits per heavy atom. The van der Waals surface area contributed by atoms with E-state index in [9.17, 15) is 4.39 Å². The number of piperidine rings is 1. The van der Waals surface area contributed by atoms with E-state index in [2.05, 4.69) is 20.8 Å². The smallest absolute Gasteiger partial charge is 0.124 e. The van der Waals surface area contributed by atoms with Crippen LogP contribution in [0.15, 0.2) is 22.7 Å². The molecule has 3 rings (SSSR count). The van der Waals surface area contributed by atoms with Crippen LogP contribution in [0.2, 0.25) is 0 Å². The van der Waals surface area contributed by atoms with Gasteiger partial charge < -0.3 is 0 Å². The van der Waals surface area contributed by atoms with E-state index < -0.39 is 0 Å². The summed E-state index contributed by atoms with van der Waals surface area (Å²) in [4.78, 5) is 2.51. The summed E-state index contributed by atoms with van der Waals surface area (Å²) in [5, 5.41) is 0. The molecule has 1 aliphatic carbocycles. The lowest BCUT2D eigenvalue weighted by atomic mass is 9.75. The third-order valence-electron chi connectivity index (χ3n) is 4.70. The molecule has 2 aliphatic rings. The van der Waals surface area contributed by atoms with Crippen LogP contribution >= 0.6 is 15.9 Å². The molecule has 0 N–H and O–H groups in total. The van der Waals surface area contributed by atoms with Crippen molar-refractivity contribution in [1.82, 2.24) is 4.90 Å². The number of nitrogens with zero attached hydrogens (tertiary/aromatic N) is 1. The van der Waals surface area contributed by atoms with E-state index in [1.807, 2.05) is 6.07 Å². The average molecular weight is 326 g/mol. The van der Waals surface area contributed by atoms with Gasteiger partial charge in [0.25, 0.3) is 0 Å². The summed E-state index contributed by atoms with van der Waals surface area (Å²) in [5.41, 5.74) is 1.08. The van der Waals surface area contributed by atoms with Gasteiger partial charge in [-0.15, -0.1) is 0 Å². The van der Waals surface area contributed by atoms with Crippen molar-refractivity contribution in [3.05, 3.63) is 34.1 Å². The zero-order chi connectivity index (χ0) is 13.2. The minimum absolute atomic E-state index is 0.142. The van der Waals surface area contributed by atoms with Crippen LogP contribution in [0.3, 0.4) is 0 Å². The summed E-state index contributed by atoms with van der Waals surface area (Å²) in [6.07, 6.45) is 7.00. The van der Waals surface area contributed by atoms with Crippen LogP contribution in [0.5, 0.6) is 0 Å². The topological polar surface area (TPSA) is 3.24 Å². The number of rotatable bonds is 2. The minimum Gasteiger partial charge on any atom is -0.299 e. The molecule has 2 unspecified atom stereocenters. The summed E-state index contributed by atoms with van der Waals surface area (Å²) in [7, 11) is 0. The van der Waals surface area contributed by atoms with Gasteiger partial charge in [-0.2, -0.15) is 0 Å². The van der Waals surface area contributed by atoms with Crippen molar-refractivity contribution in [1.29, 1.82) is 0 Å². The molecule has 0 aromatic heterocycles. The first-order valence-electron chi connectivity index (χ1n) is 7.38. The van der Waals surface area contributed by atoms with Crippen LogP contribution in [-0.2, 0) is 6.54 Å². The molecule has 1 aromatic carbocycles. The highest BCUT2D eigenvalue weighted by Gasteiger charge is 2.30. The monoisotopic (exact) mass is 325 g/mol. The van der Waals surface area contributed by atoms with Crippen LogP contribution in [0, 0.1) is 17.7 Å². The average Bonchev–Trinajstić information content (AvgIpc) is 2.37. The molecule has 19 heavy (non-hydrogen) atoms. The van der Waals surface area contributed by atoms with Crippen LogP contribution in [-0.4, -0.2) is 18.0 Å². The first-order chi connectivity index (χ1) is 9.20. The van der Waals surface area contributed by atoms with Crippen molar-refractivity contribution in [2.45, 2.75) is 38.6 Å². The van der Waals surface area contributed by atoms with E-state index in [0.717, 1.165) is 28.4 Å². The Labute approximate surface area is 123 Å². The van der Waals surface area contributed by atoms with E-state index in [1.165, 1.54) is 51.3 Å². The highest BCUT2D eigenvalue weighted by Crippen LogP contribution is 2.36. The van der Waals surface area contributed by atoms with Crippen LogP contribution < -0.4 is 0 Å². The summed E-state index contributed by atoms with van der Waals surface area (Å²) in [5.74, 6) is 1.71. The Morgan fingerprint density at radius 3 is 2.68 bits per heavy atom. The summed E-state index contributed by atoms with van der Waals surface area (Å²) < 4.78 is 14.2. The van der Waals surface area contributed by atoms with Gasteiger partial charge >= 0.3 is 0 Å². The van der Waals surface area contributed by atoms with Gasteiger partial charge in [-0.1, -0.05) is 35.2 Å². The Balaban J connectivity index is 1.64. The molecule has 1 heterocycles. The molecular formula is C16H21BrFN. The van der Waals surface area contributed by atoms with Crippen molar-refractivity contribution in [2.75, 3.05) is 13.1 Å². The minimum atomic E-state index is -0.142. The molecule has 2 fully saturated rings. The zero-order valence-electron chi connectivity index (χ0n) is 11.2. The van der Waals surface area contributed by atoms with Gasteiger partial charge in [-0.3, -0.25) is 4.90 Å². The maximum absolute atomic E-state index is 13.4. The fourth-order valence-electron chi connectivity index (χ4n) is 3.78. The van der Waals surface area contributed by atoms with E-state index in [4.69, 9.17) is 0 Å². The molecule has 0 amide bonds. The number of hydrogen-bond acceptors (Lipinski definition) is 1. The van der Waals surface area contributed by atoms with Crippen LogP contribution in [0.1, 0.15) is 37.7 Å². The second kappa shape index (κ2) is 5.92. The SMILES string of the molecule is Fc1cc(Br)cc(CN2CCC3CCCCC3C2)c1. The van der Waals surface area contributed by atoms with Gasteiger partial charge in [-0.05, 0) is 55.0 Å². The Kier molecular flexibility index (Phi) is 4.23. The van der Waals surface area contributed by atoms with Gasteiger partial charge in [0.1, 0.15) is 5.82 Å². The van der Waals surface area contributed by atoms with Gasteiger partial charge in [0, 0.05) is 17.6 Å². The molecule has 0 bridgehead atoms. The van der Waals surface area contributed by atoms with Gasteiger partial charge in [0.2, 0.25) is 0 Å². The number of benzene rings is 1. The number of likely N-dealkylation sites (tertiary alicyclic amines) is 1. The highest BCUT2D eigenvalue weighted by atomic mass is 79.9. The summed E-state index contributed by atoms with van der Waals surface area (Å²) in [6.45, 7) is 3.27. The standard InChI is InChI=1S/C16H21BrFN/c17-15-7-12(8-16(18)9-15)10-19-6-5-13-3-1-2-4-14(13)11-19/h7-9,13-14H,1-6,10-11H2. The Hall–Kier alpha value is -0.410. The second-order valence-electron chi connectivity index (χ2n) is 6.11. The van der Waals surface area contributed by atoms with Crippen molar-refractivity contribution in [3.63, 3.8) is 0 Å². The summed E-state index contributed by atoms with van der Waals surface area (Å²) in [6, 6.07) is 5.23. The molecule has 1 aromatic rings. The predicted octanol–water partition coefficient (Wildman–Crippen LogP) is 4.60. The Morgan fingerprint density at radius 2 is 1.89 bits per heavy atom. The van der Waals surface area contributed by atoms with Gasteiger partial charge in [0.15, 0.2) is 0 Å². The van der Waals surface area contributed by atoms with E-state index in [0.29, 0.717) is 0 Å². The van der Waals surface area contributed by atoms with Crippen molar-refractivity contribution >= 4 is 15.9 Å². The number of halogens is 2. The lowest BCUT2D eigenvalue weighted by molar-refractivity contribution is 0.0820. The van der Waals surface area contributed by atoms with E-state index in [1.54, 1.807) is 6.07 Å². The fraction of sp³-hybridized carbons (Fsp3) is 0.625. The lowest BCUT2D eigenvalue weighted by Crippen LogP contribution is -2.41. The number of fused-ring (bicyclic) bond motifs is 1. The van der Waals surface area contributed by atoms with Crippen LogP contribution in [0.4, 0.5) is 4.39 Å². The maximum atomic E-state index is 13.4.